The number of hydrogen-bond acceptors (Lipinski definition) is 5. The number of nitro benzene ring substituents is 1. The van der Waals surface area contributed by atoms with E-state index >= 15 is 0 Å². The molecule has 1 aromatic heterocycles. The van der Waals surface area contributed by atoms with Gasteiger partial charge >= 0.3 is 0 Å². The highest BCUT2D eigenvalue weighted by molar-refractivity contribution is 5.92. The van der Waals surface area contributed by atoms with Crippen LogP contribution in [0.1, 0.15) is 48.1 Å². The van der Waals surface area contributed by atoms with Crippen LogP contribution >= 0.6 is 0 Å². The predicted octanol–water partition coefficient (Wildman–Crippen LogP) is 3.97. The van der Waals surface area contributed by atoms with Gasteiger partial charge in [-0.05, 0) is 30.9 Å². The molecule has 0 bridgehead atoms. The van der Waals surface area contributed by atoms with Crippen molar-refractivity contribution in [3.63, 3.8) is 0 Å². The minimum absolute atomic E-state index is 0.171. The monoisotopic (exact) mass is 420 g/mol. The SMILES string of the molecule is Cc1cc(=O)c(C(=O)NC(CC(C)C)c2ccccc2)nn1-c1ccccc1[N+](=O)[O-]. The van der Waals surface area contributed by atoms with Crippen molar-refractivity contribution in [1.82, 2.24) is 15.1 Å². The first-order valence-corrected chi connectivity index (χ1v) is 9.98. The largest absolute Gasteiger partial charge is 0.344 e. The van der Waals surface area contributed by atoms with Crippen molar-refractivity contribution < 1.29 is 9.72 Å². The van der Waals surface area contributed by atoms with E-state index in [9.17, 15) is 19.7 Å². The van der Waals surface area contributed by atoms with Gasteiger partial charge in [-0.1, -0.05) is 56.3 Å². The molecule has 0 aliphatic heterocycles. The van der Waals surface area contributed by atoms with E-state index in [1.54, 1.807) is 19.1 Å². The van der Waals surface area contributed by atoms with Gasteiger partial charge in [-0.3, -0.25) is 19.7 Å². The summed E-state index contributed by atoms with van der Waals surface area (Å²) in [4.78, 5) is 36.5. The number of nitrogens with one attached hydrogen (secondary N) is 1. The molecule has 3 rings (SSSR count). The maximum Gasteiger partial charge on any atom is 0.294 e. The van der Waals surface area contributed by atoms with Gasteiger partial charge in [0.15, 0.2) is 5.69 Å². The Bertz CT molecular complexity index is 1160. The summed E-state index contributed by atoms with van der Waals surface area (Å²) in [5.41, 5.74) is 0.471. The Morgan fingerprint density at radius 3 is 2.42 bits per heavy atom. The normalized spacial score (nSPS) is 11.9. The van der Waals surface area contributed by atoms with E-state index in [1.807, 2.05) is 44.2 Å². The van der Waals surface area contributed by atoms with Crippen molar-refractivity contribution in [3.8, 4) is 5.69 Å². The lowest BCUT2D eigenvalue weighted by Crippen LogP contribution is -2.35. The van der Waals surface area contributed by atoms with Crippen LogP contribution in [0, 0.1) is 23.0 Å². The number of carbonyl (C=O) groups excluding carboxylic acids is 1. The van der Waals surface area contributed by atoms with Gasteiger partial charge in [-0.2, -0.15) is 5.10 Å². The number of hydrogen-bond donors (Lipinski definition) is 1. The number of nitrogens with zero attached hydrogens (tertiary/aromatic N) is 3. The molecule has 1 atom stereocenters. The van der Waals surface area contributed by atoms with Crippen molar-refractivity contribution in [2.75, 3.05) is 0 Å². The molecule has 2 aromatic carbocycles. The van der Waals surface area contributed by atoms with Crippen LogP contribution in [0.4, 0.5) is 5.69 Å². The Morgan fingerprint density at radius 2 is 1.77 bits per heavy atom. The summed E-state index contributed by atoms with van der Waals surface area (Å²) < 4.78 is 1.26. The van der Waals surface area contributed by atoms with Crippen LogP contribution in [0.2, 0.25) is 0 Å². The minimum atomic E-state index is -0.619. The topological polar surface area (TPSA) is 107 Å². The molecule has 8 heteroatoms. The Balaban J connectivity index is 2.01. The number of nitro groups is 1. The Labute approximate surface area is 179 Å². The highest BCUT2D eigenvalue weighted by atomic mass is 16.6. The summed E-state index contributed by atoms with van der Waals surface area (Å²) >= 11 is 0. The van der Waals surface area contributed by atoms with Gasteiger partial charge in [-0.15, -0.1) is 0 Å². The number of aryl methyl sites for hydroxylation is 1. The number of carbonyl (C=O) groups is 1. The van der Waals surface area contributed by atoms with Gasteiger partial charge in [0.1, 0.15) is 5.69 Å². The fourth-order valence-electron chi connectivity index (χ4n) is 3.41. The molecule has 1 unspecified atom stereocenters. The maximum absolute atomic E-state index is 13.0. The zero-order valence-electron chi connectivity index (χ0n) is 17.6. The fourth-order valence-corrected chi connectivity index (χ4v) is 3.41. The molecule has 1 N–H and O–H groups in total. The van der Waals surface area contributed by atoms with Gasteiger partial charge in [0.25, 0.3) is 11.6 Å². The molecule has 31 heavy (non-hydrogen) atoms. The highest BCUT2D eigenvalue weighted by Crippen LogP contribution is 2.23. The molecule has 0 aliphatic carbocycles. The number of benzene rings is 2. The standard InChI is InChI=1S/C23H24N4O4/c1-15(2)13-18(17-9-5-4-6-10-17)24-23(29)22-21(28)14-16(3)26(25-22)19-11-7-8-12-20(19)27(30)31/h4-12,14-15,18H,13H2,1-3H3,(H,24,29). The van der Waals surface area contributed by atoms with Gasteiger partial charge in [-0.25, -0.2) is 4.68 Å². The van der Waals surface area contributed by atoms with Crippen LogP contribution in [-0.2, 0) is 0 Å². The van der Waals surface area contributed by atoms with Crippen molar-refractivity contribution >= 4 is 11.6 Å². The summed E-state index contributed by atoms with van der Waals surface area (Å²) in [5.74, 6) is -0.313. The third kappa shape index (κ3) is 5.03. The summed E-state index contributed by atoms with van der Waals surface area (Å²) in [6.45, 7) is 5.71. The van der Waals surface area contributed by atoms with Crippen LogP contribution in [0.3, 0.4) is 0 Å². The molecule has 1 heterocycles. The molecule has 0 saturated heterocycles. The molecule has 8 nitrogen and oxygen atoms in total. The molecule has 0 fully saturated rings. The summed E-state index contributed by atoms with van der Waals surface area (Å²) in [6, 6.07) is 16.5. The Morgan fingerprint density at radius 1 is 1.13 bits per heavy atom. The van der Waals surface area contributed by atoms with Crippen molar-refractivity contribution in [1.29, 1.82) is 0 Å². The summed E-state index contributed by atoms with van der Waals surface area (Å²) in [5, 5.41) is 18.5. The van der Waals surface area contributed by atoms with Crippen LogP contribution in [0.25, 0.3) is 5.69 Å². The second kappa shape index (κ2) is 9.34. The van der Waals surface area contributed by atoms with E-state index < -0.39 is 16.3 Å². The van der Waals surface area contributed by atoms with E-state index in [2.05, 4.69) is 10.4 Å². The third-order valence-electron chi connectivity index (χ3n) is 4.84. The molecule has 160 valence electrons. The van der Waals surface area contributed by atoms with Gasteiger partial charge in [0.05, 0.1) is 11.0 Å². The molecular weight excluding hydrogens is 396 g/mol. The van der Waals surface area contributed by atoms with Crippen molar-refractivity contribution in [2.45, 2.75) is 33.2 Å². The maximum atomic E-state index is 13.0. The molecule has 0 aliphatic rings. The molecule has 0 spiro atoms. The van der Waals surface area contributed by atoms with E-state index in [0.29, 0.717) is 18.0 Å². The van der Waals surface area contributed by atoms with Crippen LogP contribution in [-0.4, -0.2) is 20.6 Å². The smallest absolute Gasteiger partial charge is 0.294 e. The number of aromatic nitrogens is 2. The lowest BCUT2D eigenvalue weighted by atomic mass is 9.97. The second-order valence-corrected chi connectivity index (χ2v) is 7.72. The first-order chi connectivity index (χ1) is 14.8. The van der Waals surface area contributed by atoms with E-state index in [1.165, 1.54) is 22.9 Å². The fraction of sp³-hybridized carbons (Fsp3) is 0.261. The number of para-hydroxylation sites is 2. The number of rotatable bonds is 7. The van der Waals surface area contributed by atoms with Crippen molar-refractivity contribution in [2.24, 2.45) is 5.92 Å². The molecular formula is C23H24N4O4. The van der Waals surface area contributed by atoms with Gasteiger partial charge < -0.3 is 5.32 Å². The highest BCUT2D eigenvalue weighted by Gasteiger charge is 2.23. The quantitative estimate of drug-likeness (QED) is 0.460. The third-order valence-corrected chi connectivity index (χ3v) is 4.84. The Hall–Kier alpha value is -3.81. The second-order valence-electron chi connectivity index (χ2n) is 7.72. The van der Waals surface area contributed by atoms with Gasteiger partial charge in [0, 0.05) is 17.8 Å². The summed E-state index contributed by atoms with van der Waals surface area (Å²) in [7, 11) is 0. The van der Waals surface area contributed by atoms with E-state index in [4.69, 9.17) is 0 Å². The van der Waals surface area contributed by atoms with Crippen LogP contribution in [0.5, 0.6) is 0 Å². The number of amides is 1. The average Bonchev–Trinajstić information content (AvgIpc) is 2.73. The molecule has 0 radical (unpaired) electrons. The molecule has 1 amide bonds. The lowest BCUT2D eigenvalue weighted by Gasteiger charge is -2.21. The molecule has 0 saturated carbocycles. The average molecular weight is 420 g/mol. The minimum Gasteiger partial charge on any atom is -0.344 e. The first kappa shape index (κ1) is 21.9. The molecule has 3 aromatic rings. The summed E-state index contributed by atoms with van der Waals surface area (Å²) in [6.07, 6.45) is 0.681. The van der Waals surface area contributed by atoms with E-state index in [-0.39, 0.29) is 23.1 Å². The van der Waals surface area contributed by atoms with Crippen LogP contribution < -0.4 is 10.7 Å². The lowest BCUT2D eigenvalue weighted by molar-refractivity contribution is -0.384. The zero-order valence-corrected chi connectivity index (χ0v) is 17.6. The van der Waals surface area contributed by atoms with E-state index in [0.717, 1.165) is 5.56 Å². The predicted molar refractivity (Wildman–Crippen MR) is 117 cm³/mol. The Kier molecular flexibility index (Phi) is 6.59. The van der Waals surface area contributed by atoms with Crippen molar-refractivity contribution in [3.05, 3.63) is 98.0 Å². The zero-order chi connectivity index (χ0) is 22.5. The van der Waals surface area contributed by atoms with Crippen LogP contribution in [0.15, 0.2) is 65.5 Å². The van der Waals surface area contributed by atoms with Gasteiger partial charge in [0.2, 0.25) is 5.43 Å². The first-order valence-electron chi connectivity index (χ1n) is 9.98.